The van der Waals surface area contributed by atoms with Crippen molar-refractivity contribution in [2.45, 2.75) is 59.9 Å². The highest BCUT2D eigenvalue weighted by molar-refractivity contribution is 5.96. The summed E-state index contributed by atoms with van der Waals surface area (Å²) in [7, 11) is 0. The number of benzene rings is 1. The van der Waals surface area contributed by atoms with Crippen LogP contribution >= 0.6 is 0 Å². The molecule has 0 N–H and O–H groups in total. The van der Waals surface area contributed by atoms with Gasteiger partial charge in [-0.25, -0.2) is 0 Å². The van der Waals surface area contributed by atoms with Gasteiger partial charge in [-0.2, -0.15) is 0 Å². The van der Waals surface area contributed by atoms with Crippen molar-refractivity contribution in [1.29, 1.82) is 0 Å². The lowest BCUT2D eigenvalue weighted by molar-refractivity contribution is -0.836. The summed E-state index contributed by atoms with van der Waals surface area (Å²) < 4.78 is 4.53. The van der Waals surface area contributed by atoms with Gasteiger partial charge in [0.05, 0.1) is 5.41 Å². The number of nitrogens with zero attached hydrogens (tertiary/aromatic N) is 2. The van der Waals surface area contributed by atoms with Crippen LogP contribution in [0.15, 0.2) is 41.3 Å². The van der Waals surface area contributed by atoms with Crippen molar-refractivity contribution >= 4 is 27.9 Å². The highest BCUT2D eigenvalue weighted by Gasteiger charge is 2.55. The number of aromatic nitrogens is 2. The Morgan fingerprint density at radius 2 is 1.78 bits per heavy atom. The van der Waals surface area contributed by atoms with Crippen LogP contribution in [0.1, 0.15) is 54.4 Å². The predicted octanol–water partition coefficient (Wildman–Crippen LogP) is 3.27. The first-order valence-electron chi connectivity index (χ1n) is 10.0. The smallest absolute Gasteiger partial charge is 0.246 e. The molecule has 27 heavy (non-hydrogen) atoms. The van der Waals surface area contributed by atoms with Gasteiger partial charge in [0.15, 0.2) is 5.54 Å². The minimum absolute atomic E-state index is 0.0344. The van der Waals surface area contributed by atoms with E-state index in [9.17, 15) is 4.79 Å². The van der Waals surface area contributed by atoms with Crippen molar-refractivity contribution < 1.29 is 4.68 Å². The van der Waals surface area contributed by atoms with Crippen LogP contribution in [0.2, 0.25) is 0 Å². The molecule has 0 saturated carbocycles. The first-order valence-corrected chi connectivity index (χ1v) is 10.0. The lowest BCUT2D eigenvalue weighted by Crippen LogP contribution is -2.73. The maximum Gasteiger partial charge on any atom is 0.246 e. The largest absolute Gasteiger partial charge is 0.283 e. The molecule has 2 aromatic heterocycles. The Bertz CT molecular complexity index is 1270. The summed E-state index contributed by atoms with van der Waals surface area (Å²) in [6.07, 6.45) is 6.00. The van der Waals surface area contributed by atoms with Crippen molar-refractivity contribution in [3.63, 3.8) is 0 Å². The highest BCUT2D eigenvalue weighted by atomic mass is 16.1. The zero-order valence-corrected chi connectivity index (χ0v) is 17.3. The fourth-order valence-electron chi connectivity index (χ4n) is 5.26. The SMILES string of the molecule is CC=c1c2n3c(cc(=O)c[n+]3C(C)(CC)C(C)(CC)C=2C)c2ccccc12. The van der Waals surface area contributed by atoms with E-state index in [-0.39, 0.29) is 16.4 Å². The Hall–Kier alpha value is -2.42. The molecular weight excluding hydrogens is 332 g/mol. The Balaban J connectivity index is 2.50. The summed E-state index contributed by atoms with van der Waals surface area (Å²) in [5, 5.41) is 4.84. The normalized spacial score (nSPS) is 25.6. The molecule has 3 heteroatoms. The second kappa shape index (κ2) is 5.79. The van der Waals surface area contributed by atoms with Crippen LogP contribution < -0.4 is 20.7 Å². The van der Waals surface area contributed by atoms with E-state index < -0.39 is 0 Å². The molecule has 3 heterocycles. The molecule has 0 fully saturated rings. The number of hydrogen-bond donors (Lipinski definition) is 0. The molecule has 0 radical (unpaired) electrons. The molecule has 1 aliphatic heterocycles. The van der Waals surface area contributed by atoms with Crippen LogP contribution in [0.25, 0.3) is 27.9 Å². The molecule has 140 valence electrons. The van der Waals surface area contributed by atoms with E-state index in [4.69, 9.17) is 0 Å². The minimum Gasteiger partial charge on any atom is -0.283 e. The third-order valence-corrected chi connectivity index (χ3v) is 7.49. The first-order chi connectivity index (χ1) is 12.8. The molecule has 2 unspecified atom stereocenters. The molecule has 3 aromatic rings. The lowest BCUT2D eigenvalue weighted by atomic mass is 9.63. The fraction of sp³-hybridized carbons (Fsp3) is 0.417. The van der Waals surface area contributed by atoms with Crippen LogP contribution in [0.5, 0.6) is 0 Å². The highest BCUT2D eigenvalue weighted by Crippen LogP contribution is 2.46. The summed E-state index contributed by atoms with van der Waals surface area (Å²) in [6, 6.07) is 10.2. The average Bonchev–Trinajstić information content (AvgIpc) is 2.69. The monoisotopic (exact) mass is 361 g/mol. The molecule has 1 aromatic carbocycles. The zero-order chi connectivity index (χ0) is 19.6. The number of hydrogen-bond acceptors (Lipinski definition) is 1. The molecule has 0 bridgehead atoms. The first kappa shape index (κ1) is 18.0. The van der Waals surface area contributed by atoms with E-state index in [0.29, 0.717) is 0 Å². The van der Waals surface area contributed by atoms with Gasteiger partial charge in [0, 0.05) is 30.0 Å². The third kappa shape index (κ3) is 2.03. The fourth-order valence-corrected chi connectivity index (χ4v) is 5.26. The molecule has 0 amide bonds. The van der Waals surface area contributed by atoms with Crippen LogP contribution in [-0.2, 0) is 5.54 Å². The van der Waals surface area contributed by atoms with Crippen LogP contribution in [0.3, 0.4) is 0 Å². The van der Waals surface area contributed by atoms with Crippen LogP contribution in [0.4, 0.5) is 0 Å². The van der Waals surface area contributed by atoms with Crippen molar-refractivity contribution in [2.75, 3.05) is 0 Å². The minimum atomic E-state index is -0.171. The van der Waals surface area contributed by atoms with E-state index in [1.807, 2.05) is 0 Å². The van der Waals surface area contributed by atoms with Gasteiger partial charge < -0.3 is 0 Å². The molecule has 4 rings (SSSR count). The van der Waals surface area contributed by atoms with Gasteiger partial charge in [0.2, 0.25) is 11.6 Å². The maximum atomic E-state index is 12.7. The van der Waals surface area contributed by atoms with Gasteiger partial charge in [-0.3, -0.25) is 4.79 Å². The van der Waals surface area contributed by atoms with E-state index in [2.05, 4.69) is 81.1 Å². The number of pyridine rings is 1. The van der Waals surface area contributed by atoms with E-state index in [0.717, 1.165) is 23.7 Å². The van der Waals surface area contributed by atoms with E-state index >= 15 is 0 Å². The summed E-state index contributed by atoms with van der Waals surface area (Å²) in [5.41, 5.74) is 2.26. The summed E-state index contributed by atoms with van der Waals surface area (Å²) in [4.78, 5) is 12.7. The van der Waals surface area contributed by atoms with Crippen molar-refractivity contribution in [1.82, 2.24) is 4.52 Å². The molecular formula is C24H29N2O+. The van der Waals surface area contributed by atoms with E-state index in [1.165, 1.54) is 21.5 Å². The standard InChI is InChI=1S/C24H29N2O/c1-7-18-19-12-10-11-13-20(19)21-14-17(27)15-25-24(6,9-3)23(5,8-2)16(4)22(18)26(21)25/h7,10-15H,8-9H2,1-6H3/q+1. The molecule has 0 saturated heterocycles. The molecule has 1 aliphatic rings. The topological polar surface area (TPSA) is 25.4 Å². The zero-order valence-electron chi connectivity index (χ0n) is 17.3. The Morgan fingerprint density at radius 1 is 1.11 bits per heavy atom. The van der Waals surface area contributed by atoms with Gasteiger partial charge >= 0.3 is 0 Å². The van der Waals surface area contributed by atoms with Gasteiger partial charge in [-0.1, -0.05) is 44.2 Å². The number of fused-ring (bicyclic) bond motifs is 2. The third-order valence-electron chi connectivity index (χ3n) is 7.49. The quantitative estimate of drug-likeness (QED) is 0.508. The molecule has 0 aliphatic carbocycles. The van der Waals surface area contributed by atoms with Gasteiger partial charge in [0.1, 0.15) is 10.9 Å². The average molecular weight is 362 g/mol. The maximum absolute atomic E-state index is 12.7. The Morgan fingerprint density at radius 3 is 2.37 bits per heavy atom. The van der Waals surface area contributed by atoms with Crippen molar-refractivity contribution in [2.24, 2.45) is 5.41 Å². The lowest BCUT2D eigenvalue weighted by Gasteiger charge is -2.44. The van der Waals surface area contributed by atoms with Crippen LogP contribution in [-0.4, -0.2) is 4.52 Å². The van der Waals surface area contributed by atoms with Gasteiger partial charge in [-0.15, -0.1) is 9.20 Å². The Kier molecular flexibility index (Phi) is 3.85. The van der Waals surface area contributed by atoms with Gasteiger partial charge in [0.25, 0.3) is 0 Å². The molecule has 3 nitrogen and oxygen atoms in total. The number of rotatable bonds is 2. The molecule has 0 spiro atoms. The second-order valence-corrected chi connectivity index (χ2v) is 8.25. The Labute approximate surface area is 160 Å². The molecule has 2 atom stereocenters. The second-order valence-electron chi connectivity index (χ2n) is 8.25. The predicted molar refractivity (Wildman–Crippen MR) is 112 cm³/mol. The van der Waals surface area contributed by atoms with Crippen molar-refractivity contribution in [3.05, 3.63) is 57.3 Å². The van der Waals surface area contributed by atoms with Crippen molar-refractivity contribution in [3.8, 4) is 0 Å². The summed E-state index contributed by atoms with van der Waals surface area (Å²) in [6.45, 7) is 13.6. The summed E-state index contributed by atoms with van der Waals surface area (Å²) >= 11 is 0. The van der Waals surface area contributed by atoms with E-state index in [1.54, 1.807) is 12.3 Å². The van der Waals surface area contributed by atoms with Gasteiger partial charge in [-0.05, 0) is 38.2 Å². The van der Waals surface area contributed by atoms with Crippen LogP contribution in [0, 0.1) is 5.41 Å². The summed E-state index contributed by atoms with van der Waals surface area (Å²) in [5.74, 6) is 0.